The lowest BCUT2D eigenvalue weighted by molar-refractivity contribution is -0.136. The Morgan fingerprint density at radius 3 is 2.46 bits per heavy atom. The highest BCUT2D eigenvalue weighted by molar-refractivity contribution is 7.98. The smallest absolute Gasteiger partial charge is 0.408 e. The fourth-order valence-electron chi connectivity index (χ4n) is 2.98. The number of carbonyl (C=O) groups is 2. The monoisotopic (exact) mass is 503 g/mol. The Kier molecular flexibility index (Phi) is 8.39. The number of alkyl carbamates (subject to hydrolysis) is 1. The molecule has 0 aliphatic heterocycles. The molecule has 0 saturated heterocycles. The number of rotatable bonds is 8. The predicted molar refractivity (Wildman–Crippen MR) is 131 cm³/mol. The zero-order chi connectivity index (χ0) is 25.6. The summed E-state index contributed by atoms with van der Waals surface area (Å²) in [6, 6.07) is 8.56. The van der Waals surface area contributed by atoms with E-state index >= 15 is 0 Å². The molecular formula is C25H26FNO7S. The van der Waals surface area contributed by atoms with Gasteiger partial charge >= 0.3 is 12.1 Å². The van der Waals surface area contributed by atoms with Crippen LogP contribution in [0.2, 0.25) is 0 Å². The summed E-state index contributed by atoms with van der Waals surface area (Å²) in [5.74, 6) is -0.161. The topological polar surface area (TPSA) is 104 Å². The van der Waals surface area contributed by atoms with E-state index in [0.717, 1.165) is 6.26 Å². The molecule has 0 radical (unpaired) electrons. The van der Waals surface area contributed by atoms with Crippen LogP contribution in [0, 0.1) is 5.82 Å². The highest BCUT2D eigenvalue weighted by Gasteiger charge is 2.26. The van der Waals surface area contributed by atoms with Crippen LogP contribution in [-0.4, -0.2) is 35.7 Å². The summed E-state index contributed by atoms with van der Waals surface area (Å²) in [5, 5.41) is 2.75. The van der Waals surface area contributed by atoms with Gasteiger partial charge in [-0.15, -0.1) is 0 Å². The molecule has 3 aromatic rings. The Labute approximate surface area is 205 Å². The maximum Gasteiger partial charge on any atom is 0.408 e. The molecular weight excluding hydrogens is 477 g/mol. The maximum atomic E-state index is 13.1. The lowest BCUT2D eigenvalue weighted by atomic mass is 10.2. The first-order valence-electron chi connectivity index (χ1n) is 10.7. The van der Waals surface area contributed by atoms with Gasteiger partial charge in [0, 0.05) is 6.07 Å². The molecule has 0 fully saturated rings. The molecule has 0 bridgehead atoms. The number of fused-ring (bicyclic) bond motifs is 1. The van der Waals surface area contributed by atoms with Crippen LogP contribution in [0.4, 0.5) is 9.18 Å². The first-order valence-corrected chi connectivity index (χ1v) is 12.1. The average Bonchev–Trinajstić information content (AvgIpc) is 2.78. The van der Waals surface area contributed by atoms with Crippen molar-refractivity contribution in [1.29, 1.82) is 0 Å². The van der Waals surface area contributed by atoms with Crippen LogP contribution in [0.1, 0.15) is 27.2 Å². The van der Waals surface area contributed by atoms with Crippen molar-refractivity contribution in [3.05, 3.63) is 64.8 Å². The number of hydrogen-bond donors (Lipinski definition) is 1. The minimum atomic E-state index is -0.925. The van der Waals surface area contributed by atoms with Crippen molar-refractivity contribution in [2.75, 3.05) is 12.0 Å². The standard InChI is InChI=1S/C25H26FNO7S/c1-25(2,3)34-24(30)27-19(11-12-35-4)23(29)33-17-9-10-18-20(13-17)31-14-21(22(18)28)32-16-7-5-15(26)6-8-16/h5-10,13-14,19H,11-12H2,1-4H3,(H,27,30)/t19-/m1/s1. The van der Waals surface area contributed by atoms with Crippen molar-refractivity contribution >= 4 is 34.8 Å². The number of ether oxygens (including phenoxy) is 3. The zero-order valence-electron chi connectivity index (χ0n) is 19.8. The van der Waals surface area contributed by atoms with Gasteiger partial charge in [-0.25, -0.2) is 14.0 Å². The number of hydrogen-bond acceptors (Lipinski definition) is 8. The Bertz CT molecular complexity index is 1250. The highest BCUT2D eigenvalue weighted by Crippen LogP contribution is 2.24. The van der Waals surface area contributed by atoms with E-state index in [2.05, 4.69) is 5.32 Å². The molecule has 0 saturated carbocycles. The third-order valence-corrected chi connectivity index (χ3v) is 5.20. The number of benzene rings is 2. The first-order chi connectivity index (χ1) is 16.6. The predicted octanol–water partition coefficient (Wildman–Crippen LogP) is 5.28. The van der Waals surface area contributed by atoms with E-state index < -0.39 is 35.0 Å². The largest absolute Gasteiger partial charge is 0.460 e. The Morgan fingerprint density at radius 1 is 1.11 bits per heavy atom. The van der Waals surface area contributed by atoms with Crippen molar-refractivity contribution in [3.63, 3.8) is 0 Å². The summed E-state index contributed by atoms with van der Waals surface area (Å²) in [6.07, 6.45) is 2.63. The van der Waals surface area contributed by atoms with E-state index in [9.17, 15) is 18.8 Å². The van der Waals surface area contributed by atoms with Crippen LogP contribution in [0.5, 0.6) is 17.2 Å². The second-order valence-electron chi connectivity index (χ2n) is 8.54. The molecule has 2 aromatic carbocycles. The van der Waals surface area contributed by atoms with E-state index in [0.29, 0.717) is 12.2 Å². The number of halogens is 1. The first kappa shape index (κ1) is 26.1. The fourth-order valence-corrected chi connectivity index (χ4v) is 3.45. The Hall–Kier alpha value is -3.53. The molecule has 1 amide bonds. The molecule has 1 heterocycles. The average molecular weight is 504 g/mol. The van der Waals surface area contributed by atoms with E-state index in [1.165, 1.54) is 54.2 Å². The fraction of sp³-hybridized carbons (Fsp3) is 0.320. The van der Waals surface area contributed by atoms with Gasteiger partial charge in [0.15, 0.2) is 0 Å². The Morgan fingerprint density at radius 2 is 1.80 bits per heavy atom. The van der Waals surface area contributed by atoms with Crippen LogP contribution in [-0.2, 0) is 9.53 Å². The molecule has 1 aromatic heterocycles. The van der Waals surface area contributed by atoms with Gasteiger partial charge in [-0.05, 0) is 75.6 Å². The molecule has 1 N–H and O–H groups in total. The van der Waals surface area contributed by atoms with Gasteiger partial charge in [0.2, 0.25) is 11.2 Å². The van der Waals surface area contributed by atoms with Gasteiger partial charge in [0.1, 0.15) is 40.8 Å². The van der Waals surface area contributed by atoms with Gasteiger partial charge in [-0.3, -0.25) is 4.79 Å². The second kappa shape index (κ2) is 11.3. The summed E-state index contributed by atoms with van der Waals surface area (Å²) in [7, 11) is 0. The van der Waals surface area contributed by atoms with Crippen LogP contribution < -0.4 is 20.2 Å². The molecule has 0 aliphatic rings. The maximum absolute atomic E-state index is 13.1. The number of amides is 1. The third-order valence-electron chi connectivity index (χ3n) is 4.56. The van der Waals surface area contributed by atoms with Gasteiger partial charge in [-0.1, -0.05) is 0 Å². The van der Waals surface area contributed by atoms with Crippen molar-refractivity contribution in [2.24, 2.45) is 0 Å². The quantitative estimate of drug-likeness (QED) is 0.327. The minimum Gasteiger partial charge on any atom is -0.460 e. The van der Waals surface area contributed by atoms with Crippen molar-refractivity contribution < 1.29 is 32.6 Å². The lowest BCUT2D eigenvalue weighted by Crippen LogP contribution is -2.45. The van der Waals surface area contributed by atoms with Crippen molar-refractivity contribution in [3.8, 4) is 17.2 Å². The van der Waals surface area contributed by atoms with Crippen molar-refractivity contribution in [2.45, 2.75) is 38.8 Å². The molecule has 8 nitrogen and oxygen atoms in total. The van der Waals surface area contributed by atoms with E-state index in [-0.39, 0.29) is 28.2 Å². The number of thioether (sulfide) groups is 1. The van der Waals surface area contributed by atoms with Gasteiger partial charge in [0.25, 0.3) is 0 Å². The third kappa shape index (κ3) is 7.48. The van der Waals surface area contributed by atoms with E-state index in [1.54, 1.807) is 20.8 Å². The molecule has 0 aliphatic carbocycles. The lowest BCUT2D eigenvalue weighted by Gasteiger charge is -2.22. The number of esters is 1. The number of nitrogens with one attached hydrogen (secondary N) is 1. The molecule has 0 spiro atoms. The highest BCUT2D eigenvalue weighted by atomic mass is 32.2. The molecule has 3 rings (SSSR count). The summed E-state index contributed by atoms with van der Waals surface area (Å²) >= 11 is 1.52. The number of carbonyl (C=O) groups excluding carboxylic acids is 2. The SMILES string of the molecule is CSCC[C@@H](NC(=O)OC(C)(C)C)C(=O)Oc1ccc2c(=O)c(Oc3ccc(F)cc3)coc2c1. The van der Waals surface area contributed by atoms with Crippen LogP contribution in [0.3, 0.4) is 0 Å². The van der Waals surface area contributed by atoms with Crippen LogP contribution in [0.25, 0.3) is 11.0 Å². The van der Waals surface area contributed by atoms with Crippen LogP contribution in [0.15, 0.2) is 57.9 Å². The molecule has 35 heavy (non-hydrogen) atoms. The minimum absolute atomic E-state index is 0.0763. The zero-order valence-corrected chi connectivity index (χ0v) is 20.6. The van der Waals surface area contributed by atoms with Gasteiger partial charge < -0.3 is 23.9 Å². The van der Waals surface area contributed by atoms with Crippen LogP contribution >= 0.6 is 11.8 Å². The Balaban J connectivity index is 1.75. The normalized spacial score (nSPS) is 12.1. The molecule has 1 atom stereocenters. The van der Waals surface area contributed by atoms with E-state index in [4.69, 9.17) is 18.6 Å². The van der Waals surface area contributed by atoms with Gasteiger partial charge in [0.05, 0.1) is 5.39 Å². The summed E-state index contributed by atoms with van der Waals surface area (Å²) < 4.78 is 34.8. The summed E-state index contributed by atoms with van der Waals surface area (Å²) in [4.78, 5) is 37.7. The van der Waals surface area contributed by atoms with E-state index in [1.807, 2.05) is 6.26 Å². The molecule has 186 valence electrons. The van der Waals surface area contributed by atoms with Gasteiger partial charge in [-0.2, -0.15) is 11.8 Å². The van der Waals surface area contributed by atoms with Crippen molar-refractivity contribution in [1.82, 2.24) is 5.32 Å². The second-order valence-corrected chi connectivity index (χ2v) is 9.53. The summed E-state index contributed by atoms with van der Waals surface area (Å²) in [5.41, 5.74) is -0.988. The molecule has 0 unspecified atom stereocenters. The summed E-state index contributed by atoms with van der Waals surface area (Å²) in [6.45, 7) is 5.17. The molecule has 10 heteroatoms.